The average Bonchev–Trinajstić information content (AvgIpc) is 2.73. The lowest BCUT2D eigenvalue weighted by Crippen LogP contribution is -2.12. The van der Waals surface area contributed by atoms with Crippen LogP contribution in [0.4, 0.5) is 4.39 Å². The summed E-state index contributed by atoms with van der Waals surface area (Å²) in [4.78, 5) is 0. The van der Waals surface area contributed by atoms with Crippen LogP contribution in [-0.4, -0.2) is 7.11 Å². The predicted octanol–water partition coefficient (Wildman–Crippen LogP) is 6.70. The number of benzene rings is 2. The smallest absolute Gasteiger partial charge is 0.165 e. The van der Waals surface area contributed by atoms with Crippen molar-refractivity contribution in [1.82, 2.24) is 0 Å². The molecule has 1 fully saturated rings. The van der Waals surface area contributed by atoms with E-state index in [1.807, 2.05) is 6.07 Å². The lowest BCUT2D eigenvalue weighted by atomic mass is 9.77. The SMILES string of the molecule is CCC1CCC(c2ccc(C3=CCc4cc(OC)c(F)cc4C3)cc2)CC1. The van der Waals surface area contributed by atoms with Crippen molar-refractivity contribution >= 4 is 5.57 Å². The van der Waals surface area contributed by atoms with Gasteiger partial charge < -0.3 is 4.74 Å². The Kier molecular flexibility index (Phi) is 5.33. The monoisotopic (exact) mass is 364 g/mol. The van der Waals surface area contributed by atoms with Crippen LogP contribution in [0.2, 0.25) is 0 Å². The van der Waals surface area contributed by atoms with Crippen LogP contribution in [0, 0.1) is 11.7 Å². The number of fused-ring (bicyclic) bond motifs is 1. The molecule has 1 nitrogen and oxygen atoms in total. The minimum atomic E-state index is -0.268. The molecule has 0 heterocycles. The van der Waals surface area contributed by atoms with Crippen molar-refractivity contribution in [3.8, 4) is 5.75 Å². The zero-order valence-electron chi connectivity index (χ0n) is 16.4. The number of allylic oxidation sites excluding steroid dienone is 2. The molecule has 2 aromatic carbocycles. The van der Waals surface area contributed by atoms with Crippen LogP contribution in [0.15, 0.2) is 42.5 Å². The Bertz CT molecular complexity index is 826. The standard InChI is InChI=1S/C25H29FO/c1-3-17-4-6-18(7-5-17)19-8-10-20(11-9-19)21-12-13-22-16-25(27-2)24(26)15-23(22)14-21/h8-12,15-18H,3-7,13-14H2,1-2H3. The lowest BCUT2D eigenvalue weighted by Gasteiger charge is -2.28. The summed E-state index contributed by atoms with van der Waals surface area (Å²) in [7, 11) is 1.52. The van der Waals surface area contributed by atoms with Crippen LogP contribution >= 0.6 is 0 Å². The van der Waals surface area contributed by atoms with Crippen LogP contribution in [0.1, 0.15) is 67.2 Å². The van der Waals surface area contributed by atoms with Gasteiger partial charge in [-0.3, -0.25) is 0 Å². The Balaban J connectivity index is 1.47. The fourth-order valence-corrected chi connectivity index (χ4v) is 4.75. The normalized spacial score (nSPS) is 22.1. The van der Waals surface area contributed by atoms with Crippen molar-refractivity contribution in [1.29, 1.82) is 0 Å². The van der Waals surface area contributed by atoms with Gasteiger partial charge in [-0.25, -0.2) is 4.39 Å². The molecule has 0 bridgehead atoms. The number of rotatable bonds is 4. The number of hydrogen-bond donors (Lipinski definition) is 0. The molecule has 27 heavy (non-hydrogen) atoms. The minimum absolute atomic E-state index is 0.268. The van der Waals surface area contributed by atoms with E-state index in [2.05, 4.69) is 37.3 Å². The van der Waals surface area contributed by atoms with Gasteiger partial charge in [0.05, 0.1) is 7.11 Å². The summed E-state index contributed by atoms with van der Waals surface area (Å²) in [5.41, 5.74) is 6.30. The highest BCUT2D eigenvalue weighted by Gasteiger charge is 2.21. The van der Waals surface area contributed by atoms with E-state index in [1.54, 1.807) is 6.07 Å². The summed E-state index contributed by atoms with van der Waals surface area (Å²) >= 11 is 0. The molecule has 2 aromatic rings. The second-order valence-corrected chi connectivity index (χ2v) is 8.11. The number of ether oxygens (including phenoxy) is 1. The van der Waals surface area contributed by atoms with Crippen molar-refractivity contribution in [2.75, 3.05) is 7.11 Å². The van der Waals surface area contributed by atoms with E-state index >= 15 is 0 Å². The number of hydrogen-bond acceptors (Lipinski definition) is 1. The maximum absolute atomic E-state index is 14.1. The van der Waals surface area contributed by atoms with Crippen molar-refractivity contribution in [2.24, 2.45) is 5.92 Å². The van der Waals surface area contributed by atoms with Crippen LogP contribution in [0.25, 0.3) is 5.57 Å². The fourth-order valence-electron chi connectivity index (χ4n) is 4.75. The first-order chi connectivity index (χ1) is 13.2. The quantitative estimate of drug-likeness (QED) is 0.586. The second-order valence-electron chi connectivity index (χ2n) is 8.11. The fraction of sp³-hybridized carbons (Fsp3) is 0.440. The maximum Gasteiger partial charge on any atom is 0.165 e. The zero-order chi connectivity index (χ0) is 18.8. The van der Waals surface area contributed by atoms with E-state index in [0.717, 1.165) is 30.2 Å². The van der Waals surface area contributed by atoms with Crippen LogP contribution in [-0.2, 0) is 12.8 Å². The molecule has 0 atom stereocenters. The van der Waals surface area contributed by atoms with E-state index in [4.69, 9.17) is 4.74 Å². The van der Waals surface area contributed by atoms with Crippen molar-refractivity contribution in [3.63, 3.8) is 0 Å². The predicted molar refractivity (Wildman–Crippen MR) is 110 cm³/mol. The Labute approximate surface area is 162 Å². The van der Waals surface area contributed by atoms with Gasteiger partial charge in [0.15, 0.2) is 11.6 Å². The Morgan fingerprint density at radius 2 is 1.74 bits per heavy atom. The Hall–Kier alpha value is -2.09. The van der Waals surface area contributed by atoms with E-state index in [0.29, 0.717) is 5.75 Å². The summed E-state index contributed by atoms with van der Waals surface area (Å²) in [6, 6.07) is 12.6. The van der Waals surface area contributed by atoms with Gasteiger partial charge in [0, 0.05) is 0 Å². The van der Waals surface area contributed by atoms with Gasteiger partial charge in [0.1, 0.15) is 0 Å². The molecular weight excluding hydrogens is 335 g/mol. The molecule has 2 aliphatic rings. The van der Waals surface area contributed by atoms with Crippen molar-refractivity contribution in [2.45, 2.75) is 57.8 Å². The molecule has 0 aromatic heterocycles. The van der Waals surface area contributed by atoms with Gasteiger partial charge in [-0.2, -0.15) is 0 Å². The molecule has 2 heteroatoms. The average molecular weight is 365 g/mol. The molecule has 0 N–H and O–H groups in total. The first-order valence-corrected chi connectivity index (χ1v) is 10.3. The molecule has 142 valence electrons. The van der Waals surface area contributed by atoms with Gasteiger partial charge in [0.2, 0.25) is 0 Å². The van der Waals surface area contributed by atoms with Crippen LogP contribution < -0.4 is 4.74 Å². The highest BCUT2D eigenvalue weighted by molar-refractivity contribution is 5.71. The highest BCUT2D eigenvalue weighted by Crippen LogP contribution is 2.38. The van der Waals surface area contributed by atoms with E-state index < -0.39 is 0 Å². The second kappa shape index (κ2) is 7.88. The molecule has 2 aliphatic carbocycles. The van der Waals surface area contributed by atoms with Crippen LogP contribution in [0.5, 0.6) is 5.75 Å². The summed E-state index contributed by atoms with van der Waals surface area (Å²) in [6.07, 6.45) is 10.6. The van der Waals surface area contributed by atoms with Crippen LogP contribution in [0.3, 0.4) is 0 Å². The summed E-state index contributed by atoms with van der Waals surface area (Å²) in [5.74, 6) is 1.74. The van der Waals surface area contributed by atoms with Crippen molar-refractivity contribution in [3.05, 3.63) is 70.5 Å². The van der Waals surface area contributed by atoms with Crippen molar-refractivity contribution < 1.29 is 9.13 Å². The first-order valence-electron chi connectivity index (χ1n) is 10.3. The molecule has 0 amide bonds. The summed E-state index contributed by atoms with van der Waals surface area (Å²) in [6.45, 7) is 2.32. The molecule has 1 saturated carbocycles. The maximum atomic E-state index is 14.1. The molecule has 0 aliphatic heterocycles. The molecule has 0 saturated heterocycles. The summed E-state index contributed by atoms with van der Waals surface area (Å²) in [5, 5.41) is 0. The molecular formula is C25H29FO. The zero-order valence-corrected chi connectivity index (χ0v) is 16.4. The van der Waals surface area contributed by atoms with E-state index in [9.17, 15) is 4.39 Å². The van der Waals surface area contributed by atoms with E-state index in [-0.39, 0.29) is 5.82 Å². The minimum Gasteiger partial charge on any atom is -0.494 e. The molecule has 0 unspecified atom stereocenters. The number of methoxy groups -OCH3 is 1. The lowest BCUT2D eigenvalue weighted by molar-refractivity contribution is 0.319. The van der Waals surface area contributed by atoms with Gasteiger partial charge >= 0.3 is 0 Å². The van der Waals surface area contributed by atoms with Gasteiger partial charge in [-0.05, 0) is 90.3 Å². The molecule has 0 spiro atoms. The summed E-state index contributed by atoms with van der Waals surface area (Å²) < 4.78 is 19.2. The third kappa shape index (κ3) is 3.81. The van der Waals surface area contributed by atoms with Gasteiger partial charge in [-0.1, -0.05) is 43.7 Å². The van der Waals surface area contributed by atoms with Gasteiger partial charge in [0.25, 0.3) is 0 Å². The first kappa shape index (κ1) is 18.3. The largest absolute Gasteiger partial charge is 0.494 e. The number of halogens is 1. The third-order valence-electron chi connectivity index (χ3n) is 6.60. The Morgan fingerprint density at radius 1 is 1.00 bits per heavy atom. The molecule has 0 radical (unpaired) electrons. The topological polar surface area (TPSA) is 9.23 Å². The van der Waals surface area contributed by atoms with Gasteiger partial charge in [-0.15, -0.1) is 0 Å². The van der Waals surface area contributed by atoms with E-state index in [1.165, 1.54) is 61.5 Å². The molecule has 4 rings (SSSR count). The Morgan fingerprint density at radius 3 is 2.41 bits per heavy atom. The third-order valence-corrected chi connectivity index (χ3v) is 6.60. The highest BCUT2D eigenvalue weighted by atomic mass is 19.1.